The fourth-order valence-corrected chi connectivity index (χ4v) is 6.04. The quantitative estimate of drug-likeness (QED) is 0.152. The Morgan fingerprint density at radius 2 is 1.57 bits per heavy atom. The Bertz CT molecular complexity index is 1600. The first-order valence-electron chi connectivity index (χ1n) is 14.3. The number of pyridine rings is 1. The minimum Gasteiger partial charge on any atom is -0.271 e. The largest absolute Gasteiger partial charge is 0.271 e. The summed E-state index contributed by atoms with van der Waals surface area (Å²) in [5, 5.41) is 1.65. The third-order valence-corrected chi connectivity index (χ3v) is 8.00. The lowest BCUT2D eigenvalue weighted by Gasteiger charge is -2.34. The molecule has 1 aromatic heterocycles. The van der Waals surface area contributed by atoms with Crippen LogP contribution in [0.4, 0.5) is 0 Å². The molecular weight excluding hydrogens is 492 g/mol. The highest BCUT2D eigenvalue weighted by Gasteiger charge is 2.37. The van der Waals surface area contributed by atoms with Gasteiger partial charge in [-0.2, -0.15) is 0 Å². The molecule has 1 unspecified atom stereocenters. The van der Waals surface area contributed by atoms with Crippen LogP contribution in [0.2, 0.25) is 0 Å². The predicted octanol–water partition coefficient (Wildman–Crippen LogP) is 9.20. The number of allylic oxidation sites excluding steroid dienone is 1. The number of unbranched alkanes of at least 4 members (excludes halogenated alkanes) is 2. The van der Waals surface area contributed by atoms with E-state index in [0.717, 1.165) is 76.3 Å². The van der Waals surface area contributed by atoms with Gasteiger partial charge in [0.05, 0.1) is 0 Å². The van der Waals surface area contributed by atoms with Crippen LogP contribution in [0.25, 0.3) is 45.2 Å². The molecule has 2 amide bonds. The number of rotatable bonds is 10. The number of aromatic nitrogens is 1. The zero-order valence-corrected chi connectivity index (χ0v) is 23.6. The lowest BCUT2D eigenvalue weighted by Crippen LogP contribution is -2.46. The average molecular weight is 529 g/mol. The monoisotopic (exact) mass is 528 g/mol. The first-order chi connectivity index (χ1) is 19.5. The van der Waals surface area contributed by atoms with Crippen molar-refractivity contribution in [2.45, 2.75) is 58.9 Å². The van der Waals surface area contributed by atoms with Crippen LogP contribution in [-0.2, 0) is 0 Å². The molecule has 2 heterocycles. The first kappa shape index (κ1) is 27.3. The molecule has 0 aliphatic carbocycles. The topological polar surface area (TPSA) is 50.3 Å². The third-order valence-electron chi connectivity index (χ3n) is 8.00. The summed E-state index contributed by atoms with van der Waals surface area (Å²) in [5.74, 6) is -0.372. The summed E-state index contributed by atoms with van der Waals surface area (Å²) in [6, 6.07) is 17.9. The fourth-order valence-electron chi connectivity index (χ4n) is 6.04. The Kier molecular flexibility index (Phi) is 8.06. The van der Waals surface area contributed by atoms with Gasteiger partial charge in [-0.3, -0.25) is 19.5 Å². The molecule has 0 saturated heterocycles. The van der Waals surface area contributed by atoms with Crippen molar-refractivity contribution in [2.75, 3.05) is 0 Å². The number of hydrogen-bond acceptors (Lipinski definition) is 3. The number of hydrogen-bond donors (Lipinski definition) is 0. The molecule has 4 nitrogen and oxygen atoms in total. The van der Waals surface area contributed by atoms with Crippen LogP contribution in [0, 0.1) is 0 Å². The summed E-state index contributed by atoms with van der Waals surface area (Å²) in [7, 11) is 0. The van der Waals surface area contributed by atoms with Gasteiger partial charge in [-0.15, -0.1) is 0 Å². The maximum absolute atomic E-state index is 13.8. The Labute approximate surface area is 237 Å². The van der Waals surface area contributed by atoms with Gasteiger partial charge in [0, 0.05) is 40.5 Å². The standard InChI is InChI=1S/C36H36N2O2/c1-5-9-10-15-25(7-3)38-35(39)32-17-11-16-31-30(20-21-33(34(31)32)36(38)40)29-19-18-27(24-14-12-22-37-23-24)28(13-6-2)26(29)8-4/h6,8,11-14,16-23,25H,4-5,7,9-10,15H2,1-3H3/b13-6-. The van der Waals surface area contributed by atoms with Gasteiger partial charge in [0.25, 0.3) is 11.8 Å². The zero-order chi connectivity index (χ0) is 28.2. The van der Waals surface area contributed by atoms with E-state index >= 15 is 0 Å². The molecule has 5 rings (SSSR count). The van der Waals surface area contributed by atoms with Crippen molar-refractivity contribution in [3.8, 4) is 22.3 Å². The Morgan fingerprint density at radius 3 is 2.25 bits per heavy atom. The van der Waals surface area contributed by atoms with Gasteiger partial charge < -0.3 is 0 Å². The van der Waals surface area contributed by atoms with Gasteiger partial charge in [0.1, 0.15) is 0 Å². The van der Waals surface area contributed by atoms with Crippen LogP contribution in [0.5, 0.6) is 0 Å². The van der Waals surface area contributed by atoms with Crippen LogP contribution < -0.4 is 0 Å². The number of carbonyl (C=O) groups excluding carboxylic acids is 2. The molecule has 4 aromatic rings. The van der Waals surface area contributed by atoms with Crippen molar-refractivity contribution in [3.63, 3.8) is 0 Å². The molecule has 0 fully saturated rings. The molecule has 0 N–H and O–H groups in total. The van der Waals surface area contributed by atoms with E-state index in [1.54, 1.807) is 6.20 Å². The Hall–Kier alpha value is -4.31. The summed E-state index contributed by atoms with van der Waals surface area (Å²) in [6.07, 6.45) is 14.5. The lowest BCUT2D eigenvalue weighted by atomic mass is 9.84. The summed E-state index contributed by atoms with van der Waals surface area (Å²) >= 11 is 0. The van der Waals surface area contributed by atoms with Crippen molar-refractivity contribution in [3.05, 3.63) is 102 Å². The van der Waals surface area contributed by atoms with Crippen LogP contribution >= 0.6 is 0 Å². The molecule has 4 heteroatoms. The number of nitrogens with zero attached hydrogens (tertiary/aromatic N) is 2. The molecule has 3 aromatic carbocycles. The van der Waals surface area contributed by atoms with Crippen LogP contribution in [-0.4, -0.2) is 27.7 Å². The van der Waals surface area contributed by atoms with Crippen LogP contribution in [0.1, 0.15) is 84.7 Å². The van der Waals surface area contributed by atoms with Crippen molar-refractivity contribution in [1.29, 1.82) is 0 Å². The molecule has 0 saturated carbocycles. The summed E-state index contributed by atoms with van der Waals surface area (Å²) in [4.78, 5) is 33.5. The zero-order valence-electron chi connectivity index (χ0n) is 23.6. The molecule has 0 spiro atoms. The van der Waals surface area contributed by atoms with Crippen molar-refractivity contribution >= 4 is 34.7 Å². The Morgan fingerprint density at radius 1 is 0.850 bits per heavy atom. The highest BCUT2D eigenvalue weighted by atomic mass is 16.2. The van der Waals surface area contributed by atoms with E-state index < -0.39 is 0 Å². The summed E-state index contributed by atoms with van der Waals surface area (Å²) in [5.41, 5.74) is 7.34. The molecule has 0 radical (unpaired) electrons. The molecule has 1 aliphatic heterocycles. The maximum Gasteiger partial charge on any atom is 0.261 e. The molecule has 1 atom stereocenters. The van der Waals surface area contributed by atoms with Crippen molar-refractivity contribution < 1.29 is 9.59 Å². The van der Waals surface area contributed by atoms with Gasteiger partial charge >= 0.3 is 0 Å². The van der Waals surface area contributed by atoms with Gasteiger partial charge in [-0.05, 0) is 71.2 Å². The number of benzene rings is 3. The predicted molar refractivity (Wildman–Crippen MR) is 166 cm³/mol. The highest BCUT2D eigenvalue weighted by molar-refractivity contribution is 6.27. The van der Waals surface area contributed by atoms with Crippen LogP contribution in [0.3, 0.4) is 0 Å². The van der Waals surface area contributed by atoms with E-state index in [4.69, 9.17) is 0 Å². The van der Waals surface area contributed by atoms with Gasteiger partial charge in [-0.1, -0.05) is 94.3 Å². The molecule has 0 bridgehead atoms. The minimum atomic E-state index is -0.186. The second-order valence-corrected chi connectivity index (χ2v) is 10.4. The Balaban J connectivity index is 1.67. The fraction of sp³-hybridized carbons (Fsp3) is 0.250. The second kappa shape index (κ2) is 11.8. The van der Waals surface area contributed by atoms with Gasteiger partial charge in [0.15, 0.2) is 0 Å². The lowest BCUT2D eigenvalue weighted by molar-refractivity contribution is 0.0524. The number of imide groups is 1. The van der Waals surface area contributed by atoms with Crippen molar-refractivity contribution in [1.82, 2.24) is 9.88 Å². The van der Waals surface area contributed by atoms with E-state index in [-0.39, 0.29) is 17.9 Å². The van der Waals surface area contributed by atoms with Gasteiger partial charge in [0.2, 0.25) is 0 Å². The maximum atomic E-state index is 13.8. The second-order valence-electron chi connectivity index (χ2n) is 10.4. The normalized spacial score (nSPS) is 13.8. The van der Waals surface area contributed by atoms with E-state index in [1.165, 1.54) is 4.90 Å². The van der Waals surface area contributed by atoms with E-state index in [2.05, 4.69) is 49.7 Å². The third kappa shape index (κ3) is 4.68. The molecular formula is C36H36N2O2. The smallest absolute Gasteiger partial charge is 0.261 e. The SMILES string of the molecule is C=Cc1c(-c2ccc3c4c(cccc24)C(=O)N(C(CC)CCCCC)C3=O)ccc(-c2cccnc2)c1/C=C\C. The molecule has 40 heavy (non-hydrogen) atoms. The van der Waals surface area contributed by atoms with E-state index in [1.807, 2.05) is 61.7 Å². The first-order valence-corrected chi connectivity index (χ1v) is 14.3. The number of amides is 2. The van der Waals surface area contributed by atoms with Crippen LogP contribution in [0.15, 0.2) is 79.6 Å². The number of carbonyl (C=O) groups is 2. The van der Waals surface area contributed by atoms with Crippen molar-refractivity contribution in [2.24, 2.45) is 0 Å². The summed E-state index contributed by atoms with van der Waals surface area (Å²) < 4.78 is 0. The molecule has 202 valence electrons. The van der Waals surface area contributed by atoms with E-state index in [0.29, 0.717) is 11.1 Å². The minimum absolute atomic E-state index is 0.0922. The summed E-state index contributed by atoms with van der Waals surface area (Å²) in [6.45, 7) is 10.4. The molecule has 1 aliphatic rings. The average Bonchev–Trinajstić information content (AvgIpc) is 2.99. The van der Waals surface area contributed by atoms with Gasteiger partial charge in [-0.25, -0.2) is 0 Å². The van der Waals surface area contributed by atoms with E-state index in [9.17, 15) is 9.59 Å². The highest BCUT2D eigenvalue weighted by Crippen LogP contribution is 2.41.